The number of nitrogens with one attached hydrogen (secondary N) is 2. The minimum atomic E-state index is -0.0274. The molecule has 0 bridgehead atoms. The van der Waals surface area contributed by atoms with Crippen molar-refractivity contribution in [3.8, 4) is 11.5 Å². The van der Waals surface area contributed by atoms with Gasteiger partial charge in [0.2, 0.25) is 0 Å². The maximum atomic E-state index is 13.1. The second kappa shape index (κ2) is 7.94. The zero-order chi connectivity index (χ0) is 19.5. The summed E-state index contributed by atoms with van der Waals surface area (Å²) in [6.07, 6.45) is 2.11. The number of carbonyl (C=O) groups is 1. The van der Waals surface area contributed by atoms with Gasteiger partial charge in [-0.15, -0.1) is 0 Å². The third kappa shape index (κ3) is 3.43. The van der Waals surface area contributed by atoms with E-state index in [4.69, 9.17) is 9.47 Å². The van der Waals surface area contributed by atoms with Crippen molar-refractivity contribution < 1.29 is 19.2 Å². The number of quaternary nitrogens is 1. The van der Waals surface area contributed by atoms with Gasteiger partial charge in [0.25, 0.3) is 5.91 Å². The second-order valence-corrected chi connectivity index (χ2v) is 7.12. The normalized spacial score (nSPS) is 15.0. The summed E-state index contributed by atoms with van der Waals surface area (Å²) in [5, 5.41) is 1.28. The van der Waals surface area contributed by atoms with Gasteiger partial charge in [-0.3, -0.25) is 4.79 Å². The summed E-state index contributed by atoms with van der Waals surface area (Å²) in [4.78, 5) is 19.8. The number of nitrogens with zero attached hydrogens (tertiary/aromatic N) is 1. The molecular formula is C22H26N3O3+. The first-order chi connectivity index (χ1) is 13.7. The molecule has 0 atom stereocenters. The van der Waals surface area contributed by atoms with Crippen LogP contribution in [0.25, 0.3) is 10.9 Å². The molecule has 4 rings (SSSR count). The summed E-state index contributed by atoms with van der Waals surface area (Å²) in [5.74, 6) is 1.08. The van der Waals surface area contributed by atoms with Crippen LogP contribution in [-0.2, 0) is 6.54 Å². The van der Waals surface area contributed by atoms with Crippen LogP contribution in [0.1, 0.15) is 15.9 Å². The zero-order valence-electron chi connectivity index (χ0n) is 16.3. The van der Waals surface area contributed by atoms with E-state index in [0.29, 0.717) is 17.1 Å². The third-order valence-electron chi connectivity index (χ3n) is 5.51. The first kappa shape index (κ1) is 18.4. The van der Waals surface area contributed by atoms with Crippen LogP contribution in [-0.4, -0.2) is 56.2 Å². The largest absolute Gasteiger partial charge is 0.496 e. The maximum absolute atomic E-state index is 13.1. The van der Waals surface area contributed by atoms with Crippen molar-refractivity contribution in [2.24, 2.45) is 0 Å². The van der Waals surface area contributed by atoms with E-state index in [1.807, 2.05) is 17.0 Å². The summed E-state index contributed by atoms with van der Waals surface area (Å²) in [6.45, 7) is 4.24. The number of para-hydroxylation sites is 1. The Kier molecular flexibility index (Phi) is 5.21. The zero-order valence-corrected chi connectivity index (χ0v) is 16.3. The number of fused-ring (bicyclic) bond motifs is 1. The summed E-state index contributed by atoms with van der Waals surface area (Å²) >= 11 is 0. The lowest BCUT2D eigenvalue weighted by molar-refractivity contribution is -0.917. The first-order valence-corrected chi connectivity index (χ1v) is 9.60. The van der Waals surface area contributed by atoms with Crippen molar-refractivity contribution in [3.63, 3.8) is 0 Å². The highest BCUT2D eigenvalue weighted by Gasteiger charge is 2.29. The Balaban J connectivity index is 1.44. The maximum Gasteiger partial charge on any atom is 0.261 e. The van der Waals surface area contributed by atoms with Crippen molar-refractivity contribution in [2.45, 2.75) is 6.54 Å². The lowest BCUT2D eigenvalue weighted by atomic mass is 10.1. The van der Waals surface area contributed by atoms with Gasteiger partial charge >= 0.3 is 0 Å². The Labute approximate surface area is 164 Å². The van der Waals surface area contributed by atoms with Crippen molar-refractivity contribution in [2.75, 3.05) is 40.4 Å². The standard InChI is InChI=1S/C22H25N3O3/c1-27-19-8-5-9-20(28-2)21(19)22(26)25-12-10-24(11-13-25)15-16-14-23-18-7-4-3-6-17(16)18/h3-9,14,23H,10-13,15H2,1-2H3/p+1. The van der Waals surface area contributed by atoms with Gasteiger partial charge in [-0.1, -0.05) is 24.3 Å². The lowest BCUT2D eigenvalue weighted by Crippen LogP contribution is -3.13. The SMILES string of the molecule is COc1cccc(OC)c1C(=O)N1CC[NH+](Cc2c[nH]c3ccccc23)CC1. The minimum Gasteiger partial charge on any atom is -0.496 e. The third-order valence-corrected chi connectivity index (χ3v) is 5.51. The van der Waals surface area contributed by atoms with Crippen molar-refractivity contribution in [1.82, 2.24) is 9.88 Å². The molecular weight excluding hydrogens is 354 g/mol. The first-order valence-electron chi connectivity index (χ1n) is 9.60. The fraction of sp³-hybridized carbons (Fsp3) is 0.318. The van der Waals surface area contributed by atoms with Crippen LogP contribution in [0.2, 0.25) is 0 Å². The van der Waals surface area contributed by atoms with Crippen LogP contribution in [0.15, 0.2) is 48.7 Å². The molecule has 1 saturated heterocycles. The Hall–Kier alpha value is -2.99. The summed E-state index contributed by atoms with van der Waals surface area (Å²) < 4.78 is 10.8. The van der Waals surface area contributed by atoms with Gasteiger partial charge in [0.1, 0.15) is 23.6 Å². The molecule has 28 heavy (non-hydrogen) atoms. The van der Waals surface area contributed by atoms with E-state index in [9.17, 15) is 4.79 Å². The van der Waals surface area contributed by atoms with Gasteiger partial charge < -0.3 is 24.3 Å². The molecule has 0 spiro atoms. The molecule has 2 aromatic carbocycles. The van der Waals surface area contributed by atoms with Crippen LogP contribution < -0.4 is 14.4 Å². The number of aromatic amines is 1. The highest BCUT2D eigenvalue weighted by molar-refractivity contribution is 5.99. The highest BCUT2D eigenvalue weighted by atomic mass is 16.5. The molecule has 1 aliphatic rings. The predicted molar refractivity (Wildman–Crippen MR) is 108 cm³/mol. The van der Waals surface area contributed by atoms with Crippen molar-refractivity contribution in [1.29, 1.82) is 0 Å². The van der Waals surface area contributed by atoms with Crippen LogP contribution in [0.4, 0.5) is 0 Å². The molecule has 0 saturated carbocycles. The number of methoxy groups -OCH3 is 2. The summed E-state index contributed by atoms with van der Waals surface area (Å²) in [5.41, 5.74) is 3.01. The fourth-order valence-electron chi connectivity index (χ4n) is 3.97. The van der Waals surface area contributed by atoms with E-state index in [2.05, 4.69) is 29.4 Å². The van der Waals surface area contributed by atoms with E-state index in [-0.39, 0.29) is 5.91 Å². The van der Waals surface area contributed by atoms with Gasteiger partial charge in [0.05, 0.1) is 40.4 Å². The topological polar surface area (TPSA) is 59.0 Å². The minimum absolute atomic E-state index is 0.0274. The van der Waals surface area contributed by atoms with Crippen molar-refractivity contribution in [3.05, 3.63) is 59.8 Å². The number of ether oxygens (including phenoxy) is 2. The Morgan fingerprint density at radius 2 is 1.71 bits per heavy atom. The van der Waals surface area contributed by atoms with E-state index in [1.54, 1.807) is 26.4 Å². The average Bonchev–Trinajstić information content (AvgIpc) is 3.16. The highest BCUT2D eigenvalue weighted by Crippen LogP contribution is 2.29. The monoisotopic (exact) mass is 380 g/mol. The number of rotatable bonds is 5. The molecule has 1 amide bonds. The molecule has 6 heteroatoms. The average molecular weight is 380 g/mol. The van der Waals surface area contributed by atoms with Crippen LogP contribution in [0, 0.1) is 0 Å². The molecule has 1 aliphatic heterocycles. The molecule has 146 valence electrons. The number of piperazine rings is 1. The van der Waals surface area contributed by atoms with Crippen LogP contribution in [0.3, 0.4) is 0 Å². The van der Waals surface area contributed by atoms with Crippen molar-refractivity contribution >= 4 is 16.8 Å². The van der Waals surface area contributed by atoms with Gasteiger partial charge in [-0.2, -0.15) is 0 Å². The number of hydrogen-bond donors (Lipinski definition) is 2. The molecule has 3 aromatic rings. The molecule has 6 nitrogen and oxygen atoms in total. The lowest BCUT2D eigenvalue weighted by Gasteiger charge is -2.32. The number of hydrogen-bond acceptors (Lipinski definition) is 3. The number of H-pyrrole nitrogens is 1. The number of aromatic nitrogens is 1. The van der Waals surface area contributed by atoms with Gasteiger partial charge in [0, 0.05) is 22.7 Å². The quantitative estimate of drug-likeness (QED) is 0.709. The molecule has 1 fully saturated rings. The predicted octanol–water partition coefficient (Wildman–Crippen LogP) is 1.73. The number of benzene rings is 2. The van der Waals surface area contributed by atoms with E-state index in [0.717, 1.165) is 32.7 Å². The fourth-order valence-corrected chi connectivity index (χ4v) is 3.97. The van der Waals surface area contributed by atoms with Gasteiger partial charge in [-0.25, -0.2) is 0 Å². The Bertz CT molecular complexity index is 952. The molecule has 2 N–H and O–H groups in total. The van der Waals surface area contributed by atoms with E-state index in [1.165, 1.54) is 21.4 Å². The van der Waals surface area contributed by atoms with Crippen LogP contribution in [0.5, 0.6) is 11.5 Å². The van der Waals surface area contributed by atoms with Crippen LogP contribution >= 0.6 is 0 Å². The molecule has 0 aliphatic carbocycles. The smallest absolute Gasteiger partial charge is 0.261 e. The Morgan fingerprint density at radius 3 is 2.39 bits per heavy atom. The van der Waals surface area contributed by atoms with E-state index < -0.39 is 0 Å². The molecule has 0 unspecified atom stereocenters. The molecule has 2 heterocycles. The van der Waals surface area contributed by atoms with Gasteiger partial charge in [-0.05, 0) is 18.2 Å². The Morgan fingerprint density at radius 1 is 1.04 bits per heavy atom. The molecule has 0 radical (unpaired) electrons. The summed E-state index contributed by atoms with van der Waals surface area (Å²) in [7, 11) is 3.16. The second-order valence-electron chi connectivity index (χ2n) is 7.12. The summed E-state index contributed by atoms with van der Waals surface area (Å²) in [6, 6.07) is 13.8. The van der Waals surface area contributed by atoms with E-state index >= 15 is 0 Å². The molecule has 1 aromatic heterocycles. The number of carbonyl (C=O) groups excluding carboxylic acids is 1. The number of amides is 1. The van der Waals surface area contributed by atoms with Gasteiger partial charge in [0.15, 0.2) is 0 Å².